The minimum absolute atomic E-state index is 0. The molecule has 4 nitrogen and oxygen atoms in total. The number of hydrogen-bond donors (Lipinski definition) is 3. The van der Waals surface area contributed by atoms with Crippen molar-refractivity contribution in [1.29, 1.82) is 0 Å². The molecule has 0 aromatic rings. The van der Waals surface area contributed by atoms with E-state index in [1.54, 1.807) is 7.05 Å². The third-order valence-electron chi connectivity index (χ3n) is 4.95. The minimum atomic E-state index is -4.12. The van der Waals surface area contributed by atoms with Gasteiger partial charge in [0.25, 0.3) is 0 Å². The van der Waals surface area contributed by atoms with Gasteiger partial charge >= 0.3 is 6.18 Å². The minimum Gasteiger partial charge on any atom is -0.388 e. The molecule has 3 N–H and O–H groups in total. The van der Waals surface area contributed by atoms with Crippen LogP contribution in [0.25, 0.3) is 0 Å². The van der Waals surface area contributed by atoms with E-state index in [0.717, 1.165) is 25.7 Å². The molecule has 0 radical (unpaired) electrons. The van der Waals surface area contributed by atoms with Crippen molar-refractivity contribution in [3.63, 3.8) is 0 Å². The first-order chi connectivity index (χ1) is 10.3. The van der Waals surface area contributed by atoms with E-state index in [1.165, 1.54) is 0 Å². The van der Waals surface area contributed by atoms with Gasteiger partial charge in [-0.05, 0) is 38.0 Å². The smallest absolute Gasteiger partial charge is 0.388 e. The van der Waals surface area contributed by atoms with Crippen LogP contribution < -0.4 is 10.6 Å². The van der Waals surface area contributed by atoms with Crippen molar-refractivity contribution in [2.75, 3.05) is 20.1 Å². The second kappa shape index (κ2) is 8.73. The number of alkyl halides is 3. The number of nitrogens with zero attached hydrogens (tertiary/aromatic N) is 1. The molecule has 2 rings (SSSR count). The van der Waals surface area contributed by atoms with Crippen molar-refractivity contribution in [2.45, 2.75) is 56.7 Å². The first-order valence-electron chi connectivity index (χ1n) is 8.08. The molecule has 8 heteroatoms. The first kappa shape index (κ1) is 20.8. The molecular weight excluding hydrogens is 422 g/mol. The Morgan fingerprint density at radius 2 is 1.83 bits per heavy atom. The topological polar surface area (TPSA) is 56.7 Å². The summed E-state index contributed by atoms with van der Waals surface area (Å²) >= 11 is 0. The van der Waals surface area contributed by atoms with Gasteiger partial charge < -0.3 is 15.7 Å². The van der Waals surface area contributed by atoms with E-state index in [2.05, 4.69) is 15.6 Å². The van der Waals surface area contributed by atoms with Gasteiger partial charge in [0.1, 0.15) is 0 Å². The lowest BCUT2D eigenvalue weighted by Gasteiger charge is -2.37. The van der Waals surface area contributed by atoms with Crippen LogP contribution in [-0.2, 0) is 0 Å². The van der Waals surface area contributed by atoms with Crippen LogP contribution in [0.2, 0.25) is 0 Å². The van der Waals surface area contributed by atoms with Crippen molar-refractivity contribution >= 4 is 29.9 Å². The zero-order valence-corrected chi connectivity index (χ0v) is 15.8. The Bertz CT molecular complexity index is 400. The molecule has 2 atom stereocenters. The molecule has 0 heterocycles. The summed E-state index contributed by atoms with van der Waals surface area (Å²) in [5.74, 6) is -1.16. The van der Waals surface area contributed by atoms with E-state index in [4.69, 9.17) is 0 Å². The molecule has 0 aromatic heterocycles. The van der Waals surface area contributed by atoms with Gasteiger partial charge in [-0.25, -0.2) is 0 Å². The quantitative estimate of drug-likeness (QED) is 0.352. The Labute approximate surface area is 152 Å². The number of halogens is 4. The van der Waals surface area contributed by atoms with Gasteiger partial charge in [0.05, 0.1) is 11.5 Å². The van der Waals surface area contributed by atoms with Gasteiger partial charge in [0, 0.05) is 20.1 Å². The summed E-state index contributed by atoms with van der Waals surface area (Å²) in [6, 6.07) is 0. The van der Waals surface area contributed by atoms with Crippen molar-refractivity contribution in [2.24, 2.45) is 16.8 Å². The standard InChI is InChI=1S/C15H26F3N3O.HI/c1-19-13(21-10-14(22)7-4-8-14)20-9-11-5-2-3-6-12(11)15(16,17)18;/h11-12,22H,2-10H2,1H3,(H2,19,20,21);1H. The normalized spacial score (nSPS) is 27.6. The number of hydrogen-bond acceptors (Lipinski definition) is 2. The van der Waals surface area contributed by atoms with E-state index in [9.17, 15) is 18.3 Å². The lowest BCUT2D eigenvalue weighted by molar-refractivity contribution is -0.195. The van der Waals surface area contributed by atoms with Crippen LogP contribution in [0.15, 0.2) is 4.99 Å². The Morgan fingerprint density at radius 1 is 1.17 bits per heavy atom. The Morgan fingerprint density at radius 3 is 2.35 bits per heavy atom. The van der Waals surface area contributed by atoms with E-state index >= 15 is 0 Å². The fraction of sp³-hybridized carbons (Fsp3) is 0.933. The summed E-state index contributed by atoms with van der Waals surface area (Å²) in [6.45, 7) is 0.655. The molecule has 0 bridgehead atoms. The van der Waals surface area contributed by atoms with Gasteiger partial charge in [-0.3, -0.25) is 4.99 Å². The molecule has 2 aliphatic carbocycles. The van der Waals surface area contributed by atoms with Gasteiger partial charge in [0.15, 0.2) is 5.96 Å². The monoisotopic (exact) mass is 449 g/mol. The SMILES string of the molecule is CN=C(NCC1CCCCC1C(F)(F)F)NCC1(O)CCC1.I. The van der Waals surface area contributed by atoms with Crippen LogP contribution in [0, 0.1) is 11.8 Å². The maximum absolute atomic E-state index is 13.0. The third-order valence-corrected chi connectivity index (χ3v) is 4.95. The molecule has 136 valence electrons. The molecule has 2 unspecified atom stereocenters. The summed E-state index contributed by atoms with van der Waals surface area (Å²) in [7, 11) is 1.59. The van der Waals surface area contributed by atoms with Crippen LogP contribution in [-0.4, -0.2) is 43.0 Å². The third kappa shape index (κ3) is 5.95. The molecule has 0 aliphatic heterocycles. The highest BCUT2D eigenvalue weighted by Crippen LogP contribution is 2.41. The van der Waals surface area contributed by atoms with Gasteiger partial charge in [-0.15, -0.1) is 24.0 Å². The van der Waals surface area contributed by atoms with E-state index in [-0.39, 0.29) is 36.9 Å². The average molecular weight is 449 g/mol. The molecule has 0 amide bonds. The highest BCUT2D eigenvalue weighted by molar-refractivity contribution is 14.0. The van der Waals surface area contributed by atoms with Gasteiger partial charge in [0.2, 0.25) is 0 Å². The summed E-state index contributed by atoms with van der Waals surface area (Å²) in [4.78, 5) is 4.02. The fourth-order valence-electron chi connectivity index (χ4n) is 3.34. The van der Waals surface area contributed by atoms with E-state index in [1.807, 2.05) is 0 Å². The zero-order chi connectivity index (χ0) is 16.2. The summed E-state index contributed by atoms with van der Waals surface area (Å²) in [5, 5.41) is 16.0. The molecule has 0 saturated heterocycles. The molecule has 0 spiro atoms. The van der Waals surface area contributed by atoms with Crippen LogP contribution in [0.4, 0.5) is 13.2 Å². The lowest BCUT2D eigenvalue weighted by atomic mass is 9.78. The van der Waals surface area contributed by atoms with E-state index in [0.29, 0.717) is 25.3 Å². The van der Waals surface area contributed by atoms with Crippen LogP contribution in [0.3, 0.4) is 0 Å². The summed E-state index contributed by atoms with van der Waals surface area (Å²) < 4.78 is 39.1. The Balaban J connectivity index is 0.00000264. The van der Waals surface area contributed by atoms with Crippen LogP contribution in [0.5, 0.6) is 0 Å². The van der Waals surface area contributed by atoms with Gasteiger partial charge in [-0.1, -0.05) is 12.8 Å². The Kier molecular flexibility index (Phi) is 7.89. The second-order valence-corrected chi connectivity index (χ2v) is 6.58. The maximum atomic E-state index is 13.0. The predicted octanol–water partition coefficient (Wildman–Crippen LogP) is 3.05. The number of nitrogens with one attached hydrogen (secondary N) is 2. The Hall–Kier alpha value is -0.250. The van der Waals surface area contributed by atoms with Crippen molar-refractivity contribution in [3.05, 3.63) is 0 Å². The largest absolute Gasteiger partial charge is 0.392 e. The second-order valence-electron chi connectivity index (χ2n) is 6.58. The number of rotatable bonds is 4. The molecule has 2 saturated carbocycles. The lowest BCUT2D eigenvalue weighted by Crippen LogP contribution is -2.51. The molecule has 2 aliphatic rings. The summed E-state index contributed by atoms with van der Waals surface area (Å²) in [5.41, 5.74) is -0.684. The summed E-state index contributed by atoms with van der Waals surface area (Å²) in [6.07, 6.45) is 0.737. The first-order valence-corrected chi connectivity index (χ1v) is 8.08. The van der Waals surface area contributed by atoms with Crippen LogP contribution in [0.1, 0.15) is 44.9 Å². The maximum Gasteiger partial charge on any atom is 0.392 e. The number of aliphatic hydroxyl groups is 1. The van der Waals surface area contributed by atoms with Crippen molar-refractivity contribution in [1.82, 2.24) is 10.6 Å². The fourth-order valence-corrected chi connectivity index (χ4v) is 3.34. The predicted molar refractivity (Wildman–Crippen MR) is 95.1 cm³/mol. The number of aliphatic imine (C=N–C) groups is 1. The molecule has 2 fully saturated rings. The molecule has 23 heavy (non-hydrogen) atoms. The highest BCUT2D eigenvalue weighted by atomic mass is 127. The average Bonchev–Trinajstić information content (AvgIpc) is 2.45. The zero-order valence-electron chi connectivity index (χ0n) is 13.5. The van der Waals surface area contributed by atoms with Crippen molar-refractivity contribution < 1.29 is 18.3 Å². The van der Waals surface area contributed by atoms with Crippen molar-refractivity contribution in [3.8, 4) is 0 Å². The highest BCUT2D eigenvalue weighted by Gasteiger charge is 2.45. The van der Waals surface area contributed by atoms with Crippen LogP contribution >= 0.6 is 24.0 Å². The van der Waals surface area contributed by atoms with Gasteiger partial charge in [-0.2, -0.15) is 13.2 Å². The van der Waals surface area contributed by atoms with E-state index < -0.39 is 23.6 Å². The molecular formula is C15H27F3IN3O. The number of guanidine groups is 1. The molecule has 0 aromatic carbocycles.